The zero-order valence-electron chi connectivity index (χ0n) is 38.4. The molecular weight excluding hydrogens is 873 g/mol. The standard InChI is InChI=1S/C50H63ClFN3O11/c1-7-25-63-50-44(55(48(59)62-26-22-51)31-32-14-16-34(52)17-15-32)30-41(54-66-49(2,3)4)38-27-33(12-8-10-23-56)37(13-9-11-24-57)45(46(38)50)39-28-36(19-21-42(39)65-50)64-47(58)53-40-20-18-35(60-5)29-43(40)61-6/h7,14-21,27-29,33,37,44-46,56-57H,1,8-13,22-26,30-31H2,2-6H3,(H,53,58)/t33-,37+,44-,45+,46+,50+/m0/s1. The highest BCUT2D eigenvalue weighted by molar-refractivity contribution is 6.18. The number of benzene rings is 3. The predicted octanol–water partition coefficient (Wildman–Crippen LogP) is 9.76. The first kappa shape index (κ1) is 50.1. The number of amides is 2. The smallest absolute Gasteiger partial charge is 0.417 e. The first-order valence-corrected chi connectivity index (χ1v) is 23.0. The maximum atomic E-state index is 14.5. The number of oxime groups is 1. The van der Waals surface area contributed by atoms with Gasteiger partial charge in [-0.2, -0.15) is 0 Å². The van der Waals surface area contributed by atoms with Crippen molar-refractivity contribution in [3.05, 3.63) is 102 Å². The zero-order chi connectivity index (χ0) is 47.4. The third-order valence-electron chi connectivity index (χ3n) is 12.1. The van der Waals surface area contributed by atoms with Crippen molar-refractivity contribution >= 4 is 35.2 Å². The fourth-order valence-electron chi connectivity index (χ4n) is 9.35. The summed E-state index contributed by atoms with van der Waals surface area (Å²) in [6.45, 7) is 9.67. The van der Waals surface area contributed by atoms with Crippen molar-refractivity contribution in [3.8, 4) is 23.0 Å². The number of ether oxygens (including phenoxy) is 6. The predicted molar refractivity (Wildman–Crippen MR) is 249 cm³/mol. The second-order valence-electron chi connectivity index (χ2n) is 17.6. The Bertz CT molecular complexity index is 2200. The van der Waals surface area contributed by atoms with Crippen LogP contribution in [0.1, 0.15) is 82.8 Å². The molecule has 2 amide bonds. The summed E-state index contributed by atoms with van der Waals surface area (Å²) >= 11 is 6.07. The summed E-state index contributed by atoms with van der Waals surface area (Å²) in [4.78, 5) is 35.9. The lowest BCUT2D eigenvalue weighted by Gasteiger charge is -2.60. The number of allylic oxidation sites excluding steroid dienone is 1. The van der Waals surface area contributed by atoms with E-state index in [1.165, 1.54) is 31.3 Å². The van der Waals surface area contributed by atoms with E-state index in [0.29, 0.717) is 59.9 Å². The number of aliphatic hydroxyl groups excluding tert-OH is 2. The Labute approximate surface area is 391 Å². The Balaban J connectivity index is 1.57. The normalized spacial score (nSPS) is 22.5. The SMILES string of the molecule is C=CCO[C@@]12Oc3ccc(OC(=O)Nc4ccc(OC)cc4OC)cc3[C@H]3[C@H](CCCCO)[C@@H](CCCCO)C=C(C(=NOC(C)(C)C)C[C@@H]1N(Cc1ccc(F)cc1)C(=O)OCCCl)[C@H]32. The van der Waals surface area contributed by atoms with Gasteiger partial charge in [0.15, 0.2) is 0 Å². The topological polar surface area (TPSA) is 167 Å². The number of methoxy groups -OCH3 is 2. The van der Waals surface area contributed by atoms with Crippen molar-refractivity contribution in [1.29, 1.82) is 0 Å². The lowest BCUT2D eigenvalue weighted by molar-refractivity contribution is -0.256. The van der Waals surface area contributed by atoms with Gasteiger partial charge in [-0.05, 0) is 112 Å². The van der Waals surface area contributed by atoms with Crippen molar-refractivity contribution < 1.29 is 57.5 Å². The number of hydrogen-bond acceptors (Lipinski definition) is 12. The molecule has 3 aromatic rings. The van der Waals surface area contributed by atoms with Gasteiger partial charge in [0.2, 0.25) is 5.79 Å². The Morgan fingerprint density at radius 1 is 1.00 bits per heavy atom. The van der Waals surface area contributed by atoms with E-state index in [9.17, 15) is 24.2 Å². The van der Waals surface area contributed by atoms with Gasteiger partial charge in [-0.3, -0.25) is 10.2 Å². The van der Waals surface area contributed by atoms with Crippen molar-refractivity contribution in [2.45, 2.75) is 95.6 Å². The number of anilines is 1. The van der Waals surface area contributed by atoms with Crippen LogP contribution in [0.3, 0.4) is 0 Å². The highest BCUT2D eigenvalue weighted by Crippen LogP contribution is 2.62. The van der Waals surface area contributed by atoms with Crippen molar-refractivity contribution in [2.75, 3.05) is 51.8 Å². The molecule has 0 bridgehead atoms. The molecule has 16 heteroatoms. The molecule has 1 saturated carbocycles. The van der Waals surface area contributed by atoms with Gasteiger partial charge >= 0.3 is 12.2 Å². The van der Waals surface area contributed by atoms with E-state index in [0.717, 1.165) is 24.0 Å². The molecule has 0 saturated heterocycles. The fourth-order valence-corrected chi connectivity index (χ4v) is 9.42. The zero-order valence-corrected chi connectivity index (χ0v) is 39.2. The van der Waals surface area contributed by atoms with E-state index in [1.54, 1.807) is 48.5 Å². The molecule has 66 heavy (non-hydrogen) atoms. The van der Waals surface area contributed by atoms with E-state index in [-0.39, 0.29) is 62.9 Å². The van der Waals surface area contributed by atoms with Gasteiger partial charge in [-0.25, -0.2) is 14.0 Å². The van der Waals surface area contributed by atoms with E-state index in [4.69, 9.17) is 50.0 Å². The minimum Gasteiger partial charge on any atom is -0.497 e. The first-order chi connectivity index (χ1) is 31.8. The largest absolute Gasteiger partial charge is 0.497 e. The third-order valence-corrected chi connectivity index (χ3v) is 12.3. The Morgan fingerprint density at radius 2 is 1.73 bits per heavy atom. The van der Waals surface area contributed by atoms with Crippen LogP contribution in [0.25, 0.3) is 0 Å². The van der Waals surface area contributed by atoms with E-state index in [2.05, 4.69) is 18.0 Å². The number of unbranched alkanes of at least 4 members (excludes halogenated alkanes) is 2. The highest BCUT2D eigenvalue weighted by Gasteiger charge is 2.66. The Hall–Kier alpha value is -5.35. The van der Waals surface area contributed by atoms with Crippen molar-refractivity contribution in [1.82, 2.24) is 4.90 Å². The molecule has 3 aromatic carbocycles. The van der Waals surface area contributed by atoms with E-state index >= 15 is 0 Å². The van der Waals surface area contributed by atoms with Crippen LogP contribution in [0.4, 0.5) is 19.7 Å². The molecule has 358 valence electrons. The fraction of sp³-hybridized carbons (Fsp3) is 0.500. The monoisotopic (exact) mass is 935 g/mol. The lowest BCUT2D eigenvalue weighted by Crippen LogP contribution is -2.70. The minimum absolute atomic E-state index is 0.0149. The number of alkyl halides is 1. The maximum absolute atomic E-state index is 14.5. The molecular formula is C50H63ClFN3O11. The van der Waals surface area contributed by atoms with Crippen LogP contribution < -0.4 is 24.3 Å². The summed E-state index contributed by atoms with van der Waals surface area (Å²) in [6, 6.07) is 15.1. The van der Waals surface area contributed by atoms with E-state index in [1.807, 2.05) is 26.8 Å². The molecule has 0 aromatic heterocycles. The molecule has 3 N–H and O–H groups in total. The summed E-state index contributed by atoms with van der Waals surface area (Å²) < 4.78 is 51.2. The van der Waals surface area contributed by atoms with Gasteiger partial charge in [-0.15, -0.1) is 18.2 Å². The second-order valence-corrected chi connectivity index (χ2v) is 18.0. The number of rotatable bonds is 21. The molecule has 1 aliphatic heterocycles. The molecule has 14 nitrogen and oxygen atoms in total. The number of fused-ring (bicyclic) bond motifs is 2. The molecule has 6 rings (SSSR count). The van der Waals surface area contributed by atoms with Gasteiger partial charge in [0, 0.05) is 43.7 Å². The van der Waals surface area contributed by atoms with Crippen LogP contribution in [-0.2, 0) is 20.9 Å². The van der Waals surface area contributed by atoms with Crippen LogP contribution in [0.15, 0.2) is 90.1 Å². The maximum Gasteiger partial charge on any atom is 0.417 e. The molecule has 3 aliphatic rings. The van der Waals surface area contributed by atoms with Crippen LogP contribution >= 0.6 is 11.6 Å². The average molecular weight is 937 g/mol. The summed E-state index contributed by atoms with van der Waals surface area (Å²) in [5.41, 5.74) is 2.43. The van der Waals surface area contributed by atoms with Crippen LogP contribution in [0, 0.1) is 23.6 Å². The molecule has 0 radical (unpaired) electrons. The third kappa shape index (κ3) is 11.8. The number of nitrogens with zero attached hydrogens (tertiary/aromatic N) is 2. The van der Waals surface area contributed by atoms with Crippen LogP contribution in [0.5, 0.6) is 23.0 Å². The van der Waals surface area contributed by atoms with Crippen LogP contribution in [-0.4, -0.2) is 97.0 Å². The number of aliphatic hydroxyl groups is 2. The molecule has 0 unspecified atom stereocenters. The quantitative estimate of drug-likeness (QED) is 0.0403. The average Bonchev–Trinajstić information content (AvgIpc) is 3.30. The number of halogens is 2. The number of carbonyl (C=O) groups is 2. The summed E-state index contributed by atoms with van der Waals surface area (Å²) in [7, 11) is 3.02. The molecule has 1 fully saturated rings. The summed E-state index contributed by atoms with van der Waals surface area (Å²) in [6.07, 6.45) is 6.53. The molecule has 0 spiro atoms. The number of nitrogens with one attached hydrogen (secondary N) is 1. The van der Waals surface area contributed by atoms with E-state index < -0.39 is 47.3 Å². The van der Waals surface area contributed by atoms with Gasteiger partial charge in [0.1, 0.15) is 47.1 Å². The summed E-state index contributed by atoms with van der Waals surface area (Å²) in [5, 5.41) is 27.5. The number of hydrogen-bond donors (Lipinski definition) is 3. The van der Waals surface area contributed by atoms with Gasteiger partial charge < -0.3 is 43.5 Å². The van der Waals surface area contributed by atoms with Crippen molar-refractivity contribution in [2.24, 2.45) is 22.9 Å². The van der Waals surface area contributed by atoms with Crippen LogP contribution in [0.2, 0.25) is 0 Å². The van der Waals surface area contributed by atoms with Gasteiger partial charge in [0.25, 0.3) is 0 Å². The second kappa shape index (κ2) is 22.9. The van der Waals surface area contributed by atoms with Gasteiger partial charge in [-0.1, -0.05) is 42.3 Å². The first-order valence-electron chi connectivity index (χ1n) is 22.5. The van der Waals surface area contributed by atoms with Gasteiger partial charge in [0.05, 0.1) is 44.0 Å². The highest BCUT2D eigenvalue weighted by atomic mass is 35.5. The number of carbonyl (C=O) groups excluding carboxylic acids is 2. The molecule has 2 aliphatic carbocycles. The minimum atomic E-state index is -1.62. The molecule has 1 heterocycles. The molecule has 6 atom stereocenters. The Kier molecular flexibility index (Phi) is 17.4. The Morgan fingerprint density at radius 3 is 2.39 bits per heavy atom. The summed E-state index contributed by atoms with van der Waals surface area (Å²) in [5.74, 6) is -1.63. The van der Waals surface area contributed by atoms with Crippen molar-refractivity contribution in [3.63, 3.8) is 0 Å². The lowest BCUT2D eigenvalue weighted by atomic mass is 9.55.